The zero-order chi connectivity index (χ0) is 11.8. The van der Waals surface area contributed by atoms with Crippen molar-refractivity contribution in [3.8, 4) is 0 Å². The SMILES string of the molecule is CCOC(=O)CCNCc1noc(CC)n1. The third kappa shape index (κ3) is 4.39. The zero-order valence-corrected chi connectivity index (χ0v) is 9.65. The molecule has 16 heavy (non-hydrogen) atoms. The molecule has 0 saturated heterocycles. The zero-order valence-electron chi connectivity index (χ0n) is 9.65. The monoisotopic (exact) mass is 227 g/mol. The molecule has 0 saturated carbocycles. The van der Waals surface area contributed by atoms with Crippen molar-refractivity contribution in [2.75, 3.05) is 13.2 Å². The summed E-state index contributed by atoms with van der Waals surface area (Å²) in [6, 6.07) is 0. The lowest BCUT2D eigenvalue weighted by Crippen LogP contribution is -2.19. The van der Waals surface area contributed by atoms with Gasteiger partial charge in [0.15, 0.2) is 5.82 Å². The molecule has 0 spiro atoms. The maximum absolute atomic E-state index is 11.0. The van der Waals surface area contributed by atoms with Crippen LogP contribution in [-0.2, 0) is 22.5 Å². The Morgan fingerprint density at radius 3 is 2.94 bits per heavy atom. The van der Waals surface area contributed by atoms with Crippen LogP contribution in [0.3, 0.4) is 0 Å². The van der Waals surface area contributed by atoms with Crippen LogP contribution in [0.15, 0.2) is 4.52 Å². The maximum Gasteiger partial charge on any atom is 0.307 e. The highest BCUT2D eigenvalue weighted by atomic mass is 16.5. The van der Waals surface area contributed by atoms with Crippen molar-refractivity contribution in [1.82, 2.24) is 15.5 Å². The first-order valence-electron chi connectivity index (χ1n) is 5.44. The third-order valence-corrected chi connectivity index (χ3v) is 1.91. The number of nitrogens with zero attached hydrogens (tertiary/aromatic N) is 2. The smallest absolute Gasteiger partial charge is 0.307 e. The van der Waals surface area contributed by atoms with Crippen molar-refractivity contribution in [3.05, 3.63) is 11.7 Å². The molecule has 6 heteroatoms. The van der Waals surface area contributed by atoms with E-state index in [0.29, 0.717) is 37.8 Å². The Hall–Kier alpha value is -1.43. The van der Waals surface area contributed by atoms with E-state index in [2.05, 4.69) is 15.5 Å². The van der Waals surface area contributed by atoms with Gasteiger partial charge >= 0.3 is 5.97 Å². The minimum Gasteiger partial charge on any atom is -0.466 e. The van der Waals surface area contributed by atoms with Crippen molar-refractivity contribution in [3.63, 3.8) is 0 Å². The van der Waals surface area contributed by atoms with E-state index < -0.39 is 0 Å². The van der Waals surface area contributed by atoms with Gasteiger partial charge in [-0.2, -0.15) is 4.98 Å². The minimum atomic E-state index is -0.197. The van der Waals surface area contributed by atoms with Gasteiger partial charge in [0, 0.05) is 13.0 Å². The molecule has 1 N–H and O–H groups in total. The summed E-state index contributed by atoms with van der Waals surface area (Å²) in [5, 5.41) is 6.82. The van der Waals surface area contributed by atoms with Crippen molar-refractivity contribution in [2.45, 2.75) is 33.2 Å². The number of ether oxygens (including phenoxy) is 1. The van der Waals surface area contributed by atoms with Crippen LogP contribution in [0.4, 0.5) is 0 Å². The number of aromatic nitrogens is 2. The van der Waals surface area contributed by atoms with Gasteiger partial charge < -0.3 is 14.6 Å². The molecule has 0 aromatic carbocycles. The summed E-state index contributed by atoms with van der Waals surface area (Å²) in [5.74, 6) is 1.04. The number of hydrogen-bond donors (Lipinski definition) is 1. The Kier molecular flexibility index (Phi) is 5.49. The predicted molar refractivity (Wildman–Crippen MR) is 56.6 cm³/mol. The molecular formula is C10H17N3O3. The molecule has 6 nitrogen and oxygen atoms in total. The molecule has 90 valence electrons. The van der Waals surface area contributed by atoms with E-state index in [9.17, 15) is 4.79 Å². The molecule has 1 heterocycles. The lowest BCUT2D eigenvalue weighted by Gasteiger charge is -2.01. The molecule has 0 atom stereocenters. The van der Waals surface area contributed by atoms with Crippen LogP contribution in [0.2, 0.25) is 0 Å². The number of carbonyl (C=O) groups is 1. The molecule has 1 aromatic rings. The standard InChI is InChI=1S/C10H17N3O3/c1-3-9-12-8(13-16-9)7-11-6-5-10(14)15-4-2/h11H,3-7H2,1-2H3. The van der Waals surface area contributed by atoms with Crippen LogP contribution in [0.25, 0.3) is 0 Å². The van der Waals surface area contributed by atoms with Crippen LogP contribution < -0.4 is 5.32 Å². The van der Waals surface area contributed by atoms with Gasteiger partial charge in [-0.25, -0.2) is 0 Å². The first-order valence-corrected chi connectivity index (χ1v) is 5.44. The van der Waals surface area contributed by atoms with Gasteiger partial charge in [-0.15, -0.1) is 0 Å². The van der Waals surface area contributed by atoms with E-state index in [1.54, 1.807) is 6.92 Å². The second-order valence-electron chi connectivity index (χ2n) is 3.19. The molecule has 0 aliphatic heterocycles. The fraction of sp³-hybridized carbons (Fsp3) is 0.700. The number of esters is 1. The molecule has 0 bridgehead atoms. The van der Waals surface area contributed by atoms with Crippen LogP contribution in [0.5, 0.6) is 0 Å². The van der Waals surface area contributed by atoms with E-state index in [1.807, 2.05) is 6.92 Å². The van der Waals surface area contributed by atoms with Crippen LogP contribution in [0.1, 0.15) is 32.0 Å². The highest BCUT2D eigenvalue weighted by Crippen LogP contribution is 1.97. The number of hydrogen-bond acceptors (Lipinski definition) is 6. The minimum absolute atomic E-state index is 0.197. The molecule has 0 fully saturated rings. The highest BCUT2D eigenvalue weighted by Gasteiger charge is 2.04. The summed E-state index contributed by atoms with van der Waals surface area (Å²) >= 11 is 0. The molecule has 0 amide bonds. The average Bonchev–Trinajstić information content (AvgIpc) is 2.73. The Morgan fingerprint density at radius 1 is 1.50 bits per heavy atom. The second kappa shape index (κ2) is 6.95. The molecule has 1 rings (SSSR count). The quantitative estimate of drug-likeness (QED) is 0.545. The first-order chi connectivity index (χ1) is 7.76. The Labute approximate surface area is 94.4 Å². The normalized spacial score (nSPS) is 10.4. The summed E-state index contributed by atoms with van der Waals surface area (Å²) in [6.07, 6.45) is 1.09. The average molecular weight is 227 g/mol. The number of carbonyl (C=O) groups excluding carboxylic acids is 1. The van der Waals surface area contributed by atoms with Gasteiger partial charge in [0.25, 0.3) is 0 Å². The topological polar surface area (TPSA) is 77.2 Å². The summed E-state index contributed by atoms with van der Waals surface area (Å²) in [4.78, 5) is 15.1. The van der Waals surface area contributed by atoms with Gasteiger partial charge in [0.2, 0.25) is 5.89 Å². The number of aryl methyl sites for hydroxylation is 1. The summed E-state index contributed by atoms with van der Waals surface area (Å²) < 4.78 is 9.72. The van der Waals surface area contributed by atoms with Gasteiger partial charge in [0.05, 0.1) is 19.6 Å². The fourth-order valence-electron chi connectivity index (χ4n) is 1.13. The molecule has 0 unspecified atom stereocenters. The largest absolute Gasteiger partial charge is 0.466 e. The predicted octanol–water partition coefficient (Wildman–Crippen LogP) is 0.675. The molecule has 0 aliphatic rings. The van der Waals surface area contributed by atoms with Crippen LogP contribution in [0, 0.1) is 0 Å². The molecule has 0 aliphatic carbocycles. The fourth-order valence-corrected chi connectivity index (χ4v) is 1.13. The van der Waals surface area contributed by atoms with Gasteiger partial charge in [-0.1, -0.05) is 12.1 Å². The van der Waals surface area contributed by atoms with Crippen molar-refractivity contribution < 1.29 is 14.1 Å². The third-order valence-electron chi connectivity index (χ3n) is 1.91. The van der Waals surface area contributed by atoms with Gasteiger partial charge in [0.1, 0.15) is 0 Å². The van der Waals surface area contributed by atoms with Crippen molar-refractivity contribution in [1.29, 1.82) is 0 Å². The lowest BCUT2D eigenvalue weighted by molar-refractivity contribution is -0.142. The first kappa shape index (κ1) is 12.6. The van der Waals surface area contributed by atoms with E-state index in [1.165, 1.54) is 0 Å². The summed E-state index contributed by atoms with van der Waals surface area (Å²) in [5.41, 5.74) is 0. The molecule has 1 aromatic heterocycles. The van der Waals surface area contributed by atoms with E-state index >= 15 is 0 Å². The highest BCUT2D eigenvalue weighted by molar-refractivity contribution is 5.69. The van der Waals surface area contributed by atoms with E-state index in [4.69, 9.17) is 9.26 Å². The lowest BCUT2D eigenvalue weighted by atomic mass is 10.4. The van der Waals surface area contributed by atoms with Crippen LogP contribution >= 0.6 is 0 Å². The maximum atomic E-state index is 11.0. The summed E-state index contributed by atoms with van der Waals surface area (Å²) in [6.45, 7) is 5.21. The Balaban J connectivity index is 2.13. The van der Waals surface area contributed by atoms with E-state index in [-0.39, 0.29) is 5.97 Å². The van der Waals surface area contributed by atoms with Crippen molar-refractivity contribution in [2.24, 2.45) is 0 Å². The van der Waals surface area contributed by atoms with E-state index in [0.717, 1.165) is 6.42 Å². The number of nitrogens with one attached hydrogen (secondary N) is 1. The van der Waals surface area contributed by atoms with Crippen molar-refractivity contribution >= 4 is 5.97 Å². The molecule has 0 radical (unpaired) electrons. The van der Waals surface area contributed by atoms with Gasteiger partial charge in [-0.3, -0.25) is 4.79 Å². The second-order valence-corrected chi connectivity index (χ2v) is 3.19. The summed E-state index contributed by atoms with van der Waals surface area (Å²) in [7, 11) is 0. The molecular weight excluding hydrogens is 210 g/mol. The van der Waals surface area contributed by atoms with Crippen LogP contribution in [-0.4, -0.2) is 29.3 Å². The number of rotatable bonds is 7. The Morgan fingerprint density at radius 2 is 2.31 bits per heavy atom. The van der Waals surface area contributed by atoms with Gasteiger partial charge in [-0.05, 0) is 6.92 Å². The Bertz CT molecular complexity index is 325.